The number of phosphoric ester groups is 1. The lowest BCUT2D eigenvalue weighted by Gasteiger charge is -2.32. The number of hydrogen-bond donors (Lipinski definition) is 3. The molecule has 3 N–H and O–H groups in total. The molecule has 2 heterocycles. The van der Waals surface area contributed by atoms with Gasteiger partial charge in [-0.3, -0.25) is 38.7 Å². The lowest BCUT2D eigenvalue weighted by Crippen LogP contribution is -2.41. The first-order valence-corrected chi connectivity index (χ1v) is 15.3. The van der Waals surface area contributed by atoms with Crippen molar-refractivity contribution in [2.45, 2.75) is 30.7 Å². The van der Waals surface area contributed by atoms with Crippen molar-refractivity contribution in [2.75, 3.05) is 11.9 Å². The molecule has 43 heavy (non-hydrogen) atoms. The number of ether oxygens (including phenoxy) is 2. The van der Waals surface area contributed by atoms with Crippen LogP contribution in [0.4, 0.5) is 16.2 Å². The average molecular weight is 640 g/mol. The minimum atomic E-state index is -5.62. The number of nitrogens with one attached hydrogen (secondary N) is 2. The SMILES string of the molecule is O=C(Nc1ccccc1)O[C@H]1C(O)[C@@H](COP(=O)([O-])OP(=O)([O-])Cc2ccc([N+](=O)[O-])cc2)O[C@H]1n1ccc(=O)[nH]c1=O. The van der Waals surface area contributed by atoms with E-state index >= 15 is 0 Å². The van der Waals surface area contributed by atoms with Crippen LogP contribution in [0.1, 0.15) is 11.8 Å². The van der Waals surface area contributed by atoms with E-state index < -0.39 is 75.0 Å². The van der Waals surface area contributed by atoms with Gasteiger partial charge in [0, 0.05) is 36.2 Å². The number of rotatable bonds is 11. The molecule has 3 unspecified atom stereocenters. The van der Waals surface area contributed by atoms with Gasteiger partial charge in [-0.15, -0.1) is 0 Å². The zero-order valence-electron chi connectivity index (χ0n) is 21.6. The number of aromatic nitrogens is 2. The van der Waals surface area contributed by atoms with E-state index in [2.05, 4.69) is 14.2 Å². The van der Waals surface area contributed by atoms with Crippen molar-refractivity contribution in [3.63, 3.8) is 0 Å². The fraction of sp³-hybridized carbons (Fsp3) is 0.261. The number of aromatic amines is 1. The molecule has 6 atom stereocenters. The smallest absolute Gasteiger partial charge is 0.412 e. The molecule has 0 saturated carbocycles. The molecular weight excluding hydrogens is 618 g/mol. The summed E-state index contributed by atoms with van der Waals surface area (Å²) in [5.74, 6) is 0. The molecule has 20 heteroatoms. The van der Waals surface area contributed by atoms with Crippen LogP contribution in [0, 0.1) is 10.1 Å². The number of H-pyrrole nitrogens is 1. The molecule has 1 aromatic heterocycles. The van der Waals surface area contributed by atoms with Crippen molar-refractivity contribution in [1.29, 1.82) is 0 Å². The number of carbonyl (C=O) groups excluding carboxylic acids is 1. The monoisotopic (exact) mass is 640 g/mol. The first-order valence-electron chi connectivity index (χ1n) is 12.1. The third kappa shape index (κ3) is 8.53. The molecule has 0 bridgehead atoms. The van der Waals surface area contributed by atoms with Gasteiger partial charge in [-0.1, -0.05) is 30.3 Å². The van der Waals surface area contributed by atoms with Gasteiger partial charge in [0.05, 0.1) is 11.5 Å². The van der Waals surface area contributed by atoms with Gasteiger partial charge in [0.25, 0.3) is 19.1 Å². The number of non-ortho nitro benzene ring substituents is 1. The van der Waals surface area contributed by atoms with Crippen molar-refractivity contribution in [1.82, 2.24) is 9.55 Å². The number of nitro benzene ring substituents is 1. The van der Waals surface area contributed by atoms with Gasteiger partial charge in [-0.2, -0.15) is 0 Å². The summed E-state index contributed by atoms with van der Waals surface area (Å²) in [6.45, 7) is -1.05. The molecule has 1 amide bonds. The fourth-order valence-corrected chi connectivity index (χ4v) is 6.57. The highest BCUT2D eigenvalue weighted by atomic mass is 31.3. The van der Waals surface area contributed by atoms with Crippen LogP contribution in [-0.2, 0) is 33.6 Å². The third-order valence-electron chi connectivity index (χ3n) is 5.85. The Balaban J connectivity index is 1.45. The Kier molecular flexibility index (Phi) is 9.74. The summed E-state index contributed by atoms with van der Waals surface area (Å²) in [7, 11) is -10.8. The second kappa shape index (κ2) is 13.1. The molecular formula is C23H22N4O14P2-2. The number of para-hydroxylation sites is 1. The highest BCUT2D eigenvalue weighted by Gasteiger charge is 2.48. The summed E-state index contributed by atoms with van der Waals surface area (Å²) < 4.78 is 45.1. The topological polar surface area (TPSA) is 265 Å². The highest BCUT2D eigenvalue weighted by molar-refractivity contribution is 7.62. The van der Waals surface area contributed by atoms with E-state index in [0.29, 0.717) is 5.69 Å². The fourth-order valence-electron chi connectivity index (χ4n) is 3.94. The summed E-state index contributed by atoms with van der Waals surface area (Å²) in [4.78, 5) is 73.1. The lowest BCUT2D eigenvalue weighted by atomic mass is 10.1. The average Bonchev–Trinajstić information content (AvgIpc) is 3.22. The molecule has 18 nitrogen and oxygen atoms in total. The largest absolute Gasteiger partial charge is 0.778 e. The highest BCUT2D eigenvalue weighted by Crippen LogP contribution is 2.56. The number of aliphatic hydroxyl groups is 1. The maximum Gasteiger partial charge on any atom is 0.412 e. The van der Waals surface area contributed by atoms with Crippen LogP contribution in [0.3, 0.4) is 0 Å². The number of anilines is 1. The van der Waals surface area contributed by atoms with Gasteiger partial charge in [-0.25, -0.2) is 9.59 Å². The summed E-state index contributed by atoms with van der Waals surface area (Å²) in [5.41, 5.74) is -1.79. The summed E-state index contributed by atoms with van der Waals surface area (Å²) >= 11 is 0. The van der Waals surface area contributed by atoms with E-state index in [1.54, 1.807) is 18.2 Å². The molecule has 1 aliphatic rings. The maximum absolute atomic E-state index is 12.5. The van der Waals surface area contributed by atoms with Crippen LogP contribution in [0.2, 0.25) is 0 Å². The molecule has 2 aromatic carbocycles. The number of nitrogens with zero attached hydrogens (tertiary/aromatic N) is 2. The van der Waals surface area contributed by atoms with Gasteiger partial charge in [0.2, 0.25) is 0 Å². The van der Waals surface area contributed by atoms with Crippen molar-refractivity contribution in [2.24, 2.45) is 0 Å². The molecule has 1 saturated heterocycles. The van der Waals surface area contributed by atoms with Crippen molar-refractivity contribution in [3.05, 3.63) is 103 Å². The summed E-state index contributed by atoms with van der Waals surface area (Å²) in [5, 5.41) is 24.0. The zero-order valence-corrected chi connectivity index (χ0v) is 23.4. The second-order valence-corrected chi connectivity index (χ2v) is 12.3. The predicted octanol–water partition coefficient (Wildman–Crippen LogP) is 0.576. The molecule has 0 aliphatic carbocycles. The van der Waals surface area contributed by atoms with Crippen LogP contribution in [0.15, 0.2) is 76.4 Å². The predicted molar refractivity (Wildman–Crippen MR) is 141 cm³/mol. The molecule has 4 rings (SSSR count). The van der Waals surface area contributed by atoms with Crippen LogP contribution in [0.5, 0.6) is 0 Å². The van der Waals surface area contributed by atoms with E-state index in [1.807, 2.05) is 4.98 Å². The van der Waals surface area contributed by atoms with Gasteiger partial charge in [0.15, 0.2) is 12.3 Å². The van der Waals surface area contributed by atoms with Gasteiger partial charge >= 0.3 is 11.8 Å². The Bertz CT molecular complexity index is 1680. The summed E-state index contributed by atoms with van der Waals surface area (Å²) in [6, 6.07) is 13.2. The Morgan fingerprint density at radius 2 is 1.77 bits per heavy atom. The lowest BCUT2D eigenvalue weighted by molar-refractivity contribution is -0.384. The number of benzene rings is 2. The van der Waals surface area contributed by atoms with Gasteiger partial charge in [-0.05, 0) is 17.7 Å². The third-order valence-corrected chi connectivity index (χ3v) is 8.86. The summed E-state index contributed by atoms with van der Waals surface area (Å²) in [6.07, 6.45) is -7.74. The Hall–Kier alpha value is -3.99. The van der Waals surface area contributed by atoms with Crippen LogP contribution in [0.25, 0.3) is 0 Å². The number of amides is 1. The number of hydrogen-bond acceptors (Lipinski definition) is 14. The van der Waals surface area contributed by atoms with Crippen molar-refractivity contribution >= 4 is 32.9 Å². The quantitative estimate of drug-likeness (QED) is 0.147. The Morgan fingerprint density at radius 3 is 2.40 bits per heavy atom. The number of nitro groups is 1. The minimum Gasteiger partial charge on any atom is -0.778 e. The van der Waals surface area contributed by atoms with Gasteiger partial charge in [0.1, 0.15) is 19.8 Å². The molecule has 230 valence electrons. The number of phosphoric acid groups is 1. The zero-order chi connectivity index (χ0) is 31.4. The molecule has 0 spiro atoms. The van der Waals surface area contributed by atoms with E-state index in [-0.39, 0.29) is 11.3 Å². The minimum absolute atomic E-state index is 0.0126. The van der Waals surface area contributed by atoms with Crippen LogP contribution < -0.4 is 26.4 Å². The van der Waals surface area contributed by atoms with Crippen LogP contribution in [-0.4, -0.2) is 50.6 Å². The van der Waals surface area contributed by atoms with E-state index in [1.165, 1.54) is 12.1 Å². The normalized spacial score (nSPS) is 22.7. The molecule has 0 radical (unpaired) electrons. The van der Waals surface area contributed by atoms with Crippen LogP contribution >= 0.6 is 15.4 Å². The first kappa shape index (κ1) is 31.9. The molecule has 1 fully saturated rings. The first-order chi connectivity index (χ1) is 20.2. The standard InChI is InChI=1S/C23H24N4O14P2/c28-18-10-11-26(22(30)25-18)21-20(40-23(31)24-15-4-2-1-3-5-15)19(29)17(39-21)12-38-43(36,37)41-42(34,35)13-14-6-8-16(9-7-14)27(32)33/h1-11,17,19-21,29H,12-13H2,(H,24,31)(H,34,35)(H,36,37)(H,25,28,30)/p-2/t17-,19?,20+,21-/m1/s1. The molecule has 1 aliphatic heterocycles. The molecule has 3 aromatic rings. The number of carbonyl (C=O) groups is 1. The maximum atomic E-state index is 12.5. The Morgan fingerprint density at radius 1 is 1.09 bits per heavy atom. The second-order valence-electron chi connectivity index (χ2n) is 8.95. The van der Waals surface area contributed by atoms with Crippen molar-refractivity contribution in [3.8, 4) is 0 Å². The number of aliphatic hydroxyl groups excluding tert-OH is 1. The van der Waals surface area contributed by atoms with E-state index in [0.717, 1.165) is 41.1 Å². The Labute approximate surface area is 240 Å². The van der Waals surface area contributed by atoms with Crippen molar-refractivity contribution < 1.29 is 52.0 Å². The van der Waals surface area contributed by atoms with Gasteiger partial charge < -0.3 is 33.5 Å². The van der Waals surface area contributed by atoms with E-state index in [4.69, 9.17) is 9.47 Å². The van der Waals surface area contributed by atoms with E-state index in [9.17, 15) is 48.5 Å².